The summed E-state index contributed by atoms with van der Waals surface area (Å²) in [7, 11) is 0. The van der Waals surface area contributed by atoms with Crippen LogP contribution in [0.2, 0.25) is 0 Å². The normalized spacial score (nSPS) is 29.2. The average Bonchev–Trinajstić information content (AvgIpc) is 3.34. The molecule has 0 N–H and O–H groups in total. The van der Waals surface area contributed by atoms with Gasteiger partial charge in [0.15, 0.2) is 11.5 Å². The minimum Gasteiger partial charge on any atom is -0.454 e. The molecule has 1 amide bonds. The van der Waals surface area contributed by atoms with E-state index in [0.717, 1.165) is 49.2 Å². The van der Waals surface area contributed by atoms with Crippen molar-refractivity contribution in [3.8, 4) is 11.5 Å². The van der Waals surface area contributed by atoms with Crippen molar-refractivity contribution in [3.05, 3.63) is 18.2 Å². The number of fused-ring (bicyclic) bond motifs is 1. The predicted octanol–water partition coefficient (Wildman–Crippen LogP) is 3.42. The van der Waals surface area contributed by atoms with Gasteiger partial charge in [0.1, 0.15) is 0 Å². The molecule has 1 aliphatic carbocycles. The number of amides is 1. The summed E-state index contributed by atoms with van der Waals surface area (Å²) in [6.07, 6.45) is 8.84. The number of carbonyl (C=O) groups is 1. The summed E-state index contributed by atoms with van der Waals surface area (Å²) in [6, 6.07) is 5.85. The van der Waals surface area contributed by atoms with E-state index in [9.17, 15) is 4.79 Å². The van der Waals surface area contributed by atoms with Crippen LogP contribution in [0.15, 0.2) is 18.2 Å². The van der Waals surface area contributed by atoms with Gasteiger partial charge in [-0.25, -0.2) is 0 Å². The van der Waals surface area contributed by atoms with E-state index in [0.29, 0.717) is 6.42 Å². The molecule has 140 valence electrons. The van der Waals surface area contributed by atoms with Crippen LogP contribution in [-0.2, 0) is 4.79 Å². The molecular weight excluding hydrogens is 328 g/mol. The Morgan fingerprint density at radius 3 is 2.81 bits per heavy atom. The molecule has 1 saturated carbocycles. The van der Waals surface area contributed by atoms with Crippen LogP contribution in [-0.4, -0.2) is 43.8 Å². The molecule has 0 radical (unpaired) electrons. The zero-order chi connectivity index (χ0) is 17.6. The number of anilines is 1. The lowest BCUT2D eigenvalue weighted by atomic mass is 9.86. The van der Waals surface area contributed by atoms with Gasteiger partial charge in [0.05, 0.1) is 0 Å². The second-order valence-corrected chi connectivity index (χ2v) is 8.68. The molecule has 3 fully saturated rings. The zero-order valence-corrected chi connectivity index (χ0v) is 15.4. The fourth-order valence-electron chi connectivity index (χ4n) is 5.38. The van der Waals surface area contributed by atoms with E-state index in [1.807, 2.05) is 23.1 Å². The molecule has 0 bridgehead atoms. The largest absolute Gasteiger partial charge is 0.454 e. The monoisotopic (exact) mass is 356 g/mol. The maximum atomic E-state index is 12.8. The van der Waals surface area contributed by atoms with E-state index < -0.39 is 0 Å². The first-order chi connectivity index (χ1) is 12.7. The lowest BCUT2D eigenvalue weighted by Gasteiger charge is -2.28. The van der Waals surface area contributed by atoms with Crippen molar-refractivity contribution in [2.45, 2.75) is 44.9 Å². The topological polar surface area (TPSA) is 42.0 Å². The van der Waals surface area contributed by atoms with Crippen molar-refractivity contribution < 1.29 is 14.3 Å². The van der Waals surface area contributed by atoms with E-state index in [1.54, 1.807) is 0 Å². The number of carbonyl (C=O) groups excluding carboxylic acids is 1. The van der Waals surface area contributed by atoms with Crippen LogP contribution in [0.25, 0.3) is 0 Å². The molecule has 1 atom stereocenters. The standard InChI is InChI=1S/C21H28N2O3/c24-20-11-21(8-9-22(13-21)12-16-4-2-1-3-5-16)14-23(20)17-6-7-18-19(10-17)26-15-25-18/h6-7,10,16H,1-5,8-9,11-15H2. The van der Waals surface area contributed by atoms with Crippen LogP contribution < -0.4 is 14.4 Å². The van der Waals surface area contributed by atoms with Crippen molar-refractivity contribution in [1.29, 1.82) is 0 Å². The van der Waals surface area contributed by atoms with E-state index >= 15 is 0 Å². The van der Waals surface area contributed by atoms with Crippen LogP contribution in [0.5, 0.6) is 11.5 Å². The van der Waals surface area contributed by atoms with Gasteiger partial charge < -0.3 is 19.3 Å². The third-order valence-corrected chi connectivity index (χ3v) is 6.75. The minimum absolute atomic E-state index is 0.141. The Hall–Kier alpha value is -1.75. The highest BCUT2D eigenvalue weighted by atomic mass is 16.7. The minimum atomic E-state index is 0.141. The molecule has 26 heavy (non-hydrogen) atoms. The van der Waals surface area contributed by atoms with Crippen molar-refractivity contribution in [2.24, 2.45) is 11.3 Å². The van der Waals surface area contributed by atoms with Crippen molar-refractivity contribution in [2.75, 3.05) is 37.9 Å². The number of hydrogen-bond acceptors (Lipinski definition) is 4. The molecule has 3 aliphatic heterocycles. The molecule has 5 nitrogen and oxygen atoms in total. The van der Waals surface area contributed by atoms with Crippen molar-refractivity contribution >= 4 is 11.6 Å². The number of nitrogens with zero attached hydrogens (tertiary/aromatic N) is 2. The SMILES string of the molecule is O=C1CC2(CCN(CC3CCCCC3)C2)CN1c1ccc2c(c1)OCO2. The third-order valence-electron chi connectivity index (χ3n) is 6.75. The van der Waals surface area contributed by atoms with Crippen LogP contribution in [0, 0.1) is 11.3 Å². The quantitative estimate of drug-likeness (QED) is 0.832. The van der Waals surface area contributed by atoms with E-state index in [2.05, 4.69) is 4.90 Å². The average molecular weight is 356 g/mol. The van der Waals surface area contributed by atoms with Gasteiger partial charge >= 0.3 is 0 Å². The summed E-state index contributed by atoms with van der Waals surface area (Å²) in [5.41, 5.74) is 1.09. The molecule has 0 aromatic heterocycles. The Bertz CT molecular complexity index is 700. The van der Waals surface area contributed by atoms with E-state index in [4.69, 9.17) is 9.47 Å². The zero-order valence-electron chi connectivity index (χ0n) is 15.4. The second kappa shape index (κ2) is 6.45. The molecule has 4 aliphatic rings. The lowest BCUT2D eigenvalue weighted by molar-refractivity contribution is -0.117. The van der Waals surface area contributed by atoms with Crippen LogP contribution in [0.1, 0.15) is 44.9 Å². The summed E-state index contributed by atoms with van der Waals surface area (Å²) in [5.74, 6) is 2.65. The first kappa shape index (κ1) is 16.4. The van der Waals surface area contributed by atoms with E-state index in [-0.39, 0.29) is 18.1 Å². The summed E-state index contributed by atoms with van der Waals surface area (Å²) in [6.45, 7) is 4.58. The molecule has 5 rings (SSSR count). The Morgan fingerprint density at radius 2 is 1.92 bits per heavy atom. The first-order valence-electron chi connectivity index (χ1n) is 10.1. The second-order valence-electron chi connectivity index (χ2n) is 8.68. The molecule has 5 heteroatoms. The molecule has 2 saturated heterocycles. The maximum absolute atomic E-state index is 12.8. The number of hydrogen-bond donors (Lipinski definition) is 0. The summed E-state index contributed by atoms with van der Waals surface area (Å²) in [5, 5.41) is 0. The number of benzene rings is 1. The maximum Gasteiger partial charge on any atom is 0.231 e. The molecule has 1 aromatic rings. The molecule has 3 heterocycles. The highest BCUT2D eigenvalue weighted by Crippen LogP contribution is 2.44. The molecular formula is C21H28N2O3. The highest BCUT2D eigenvalue weighted by molar-refractivity contribution is 5.96. The Labute approximate surface area is 155 Å². The fraction of sp³-hybridized carbons (Fsp3) is 0.667. The number of likely N-dealkylation sites (tertiary alicyclic amines) is 1. The lowest BCUT2D eigenvalue weighted by Crippen LogP contribution is -2.33. The molecule has 1 unspecified atom stereocenters. The van der Waals surface area contributed by atoms with Crippen LogP contribution in [0.3, 0.4) is 0 Å². The van der Waals surface area contributed by atoms with Gasteiger partial charge in [-0.15, -0.1) is 0 Å². The van der Waals surface area contributed by atoms with Crippen molar-refractivity contribution in [1.82, 2.24) is 4.90 Å². The van der Waals surface area contributed by atoms with Gasteiger partial charge in [0.25, 0.3) is 0 Å². The molecule has 1 aromatic carbocycles. The highest BCUT2D eigenvalue weighted by Gasteiger charge is 2.48. The van der Waals surface area contributed by atoms with Gasteiger partial charge in [-0.05, 0) is 43.9 Å². The van der Waals surface area contributed by atoms with Gasteiger partial charge in [0, 0.05) is 43.2 Å². The number of ether oxygens (including phenoxy) is 2. The Morgan fingerprint density at radius 1 is 1.08 bits per heavy atom. The summed E-state index contributed by atoms with van der Waals surface area (Å²) in [4.78, 5) is 17.4. The van der Waals surface area contributed by atoms with Gasteiger partial charge in [-0.1, -0.05) is 19.3 Å². The third kappa shape index (κ3) is 2.96. The fourth-order valence-corrected chi connectivity index (χ4v) is 5.38. The van der Waals surface area contributed by atoms with Gasteiger partial charge in [0.2, 0.25) is 12.7 Å². The van der Waals surface area contributed by atoms with Gasteiger partial charge in [-0.2, -0.15) is 0 Å². The Balaban J connectivity index is 1.26. The van der Waals surface area contributed by atoms with Crippen molar-refractivity contribution in [3.63, 3.8) is 0 Å². The van der Waals surface area contributed by atoms with Crippen LogP contribution >= 0.6 is 0 Å². The first-order valence-corrected chi connectivity index (χ1v) is 10.1. The van der Waals surface area contributed by atoms with E-state index in [1.165, 1.54) is 38.6 Å². The van der Waals surface area contributed by atoms with Crippen LogP contribution in [0.4, 0.5) is 5.69 Å². The number of rotatable bonds is 3. The summed E-state index contributed by atoms with van der Waals surface area (Å²) >= 11 is 0. The smallest absolute Gasteiger partial charge is 0.231 e. The van der Waals surface area contributed by atoms with Gasteiger partial charge in [-0.3, -0.25) is 4.79 Å². The molecule has 1 spiro atoms. The summed E-state index contributed by atoms with van der Waals surface area (Å²) < 4.78 is 10.9. The predicted molar refractivity (Wildman–Crippen MR) is 99.6 cm³/mol. The Kier molecular flexibility index (Phi) is 4.07.